The minimum absolute atomic E-state index is 0.0287. The third-order valence-corrected chi connectivity index (χ3v) is 3.71. The lowest BCUT2D eigenvalue weighted by Crippen LogP contribution is -2.24. The maximum atomic E-state index is 11.9. The molecule has 2 aromatic rings. The number of amides is 1. The van der Waals surface area contributed by atoms with Gasteiger partial charge in [-0.3, -0.25) is 4.79 Å². The summed E-state index contributed by atoms with van der Waals surface area (Å²) in [5.41, 5.74) is 3.98. The van der Waals surface area contributed by atoms with Gasteiger partial charge in [-0.1, -0.05) is 17.7 Å². The second-order valence-electron chi connectivity index (χ2n) is 6.04. The number of ether oxygens (including phenoxy) is 3. The highest BCUT2D eigenvalue weighted by Gasteiger charge is 2.11. The van der Waals surface area contributed by atoms with Crippen LogP contribution in [0.15, 0.2) is 41.5 Å². The smallest absolute Gasteiger partial charge is 0.277 e. The molecule has 0 heterocycles. The lowest BCUT2D eigenvalue weighted by molar-refractivity contribution is -0.123. The van der Waals surface area contributed by atoms with Crippen LogP contribution in [0.5, 0.6) is 17.2 Å². The molecule has 2 aromatic carbocycles. The molecule has 0 atom stereocenters. The molecule has 0 aromatic heterocycles. The van der Waals surface area contributed by atoms with E-state index in [0.29, 0.717) is 27.8 Å². The van der Waals surface area contributed by atoms with Gasteiger partial charge < -0.3 is 14.2 Å². The lowest BCUT2D eigenvalue weighted by atomic mass is 10.2. The predicted molar refractivity (Wildman–Crippen MR) is 106 cm³/mol. The first-order valence-corrected chi connectivity index (χ1v) is 8.83. The second-order valence-corrected chi connectivity index (χ2v) is 6.47. The fraction of sp³-hybridized carbons (Fsp3) is 0.300. The van der Waals surface area contributed by atoms with E-state index in [9.17, 15) is 4.79 Å². The first kappa shape index (κ1) is 20.6. The van der Waals surface area contributed by atoms with Crippen LogP contribution in [0.25, 0.3) is 0 Å². The fourth-order valence-corrected chi connectivity index (χ4v) is 2.51. The summed E-state index contributed by atoms with van der Waals surface area (Å²) in [4.78, 5) is 11.9. The zero-order chi connectivity index (χ0) is 19.8. The number of rotatable bonds is 8. The van der Waals surface area contributed by atoms with E-state index in [-0.39, 0.29) is 18.6 Å². The quantitative estimate of drug-likeness (QED) is 0.547. The van der Waals surface area contributed by atoms with Gasteiger partial charge in [0.2, 0.25) is 0 Å². The first-order chi connectivity index (χ1) is 12.9. The molecule has 0 saturated heterocycles. The average Bonchev–Trinajstić information content (AvgIpc) is 2.61. The van der Waals surface area contributed by atoms with Crippen molar-refractivity contribution in [2.45, 2.75) is 26.9 Å². The van der Waals surface area contributed by atoms with Gasteiger partial charge in [-0.25, -0.2) is 5.43 Å². The summed E-state index contributed by atoms with van der Waals surface area (Å²) in [6, 6.07) is 10.6. The average molecular weight is 391 g/mol. The summed E-state index contributed by atoms with van der Waals surface area (Å²) < 4.78 is 16.6. The molecule has 6 nitrogen and oxygen atoms in total. The number of halogens is 1. The van der Waals surface area contributed by atoms with Gasteiger partial charge in [0.05, 0.1) is 19.4 Å². The zero-order valence-electron chi connectivity index (χ0n) is 15.8. The molecule has 0 spiro atoms. The number of hydrogen-bond donors (Lipinski definition) is 1. The molecule has 0 aliphatic rings. The van der Waals surface area contributed by atoms with E-state index in [1.54, 1.807) is 31.4 Å². The van der Waals surface area contributed by atoms with Gasteiger partial charge in [-0.2, -0.15) is 5.10 Å². The Hall–Kier alpha value is -2.73. The highest BCUT2D eigenvalue weighted by Crippen LogP contribution is 2.30. The highest BCUT2D eigenvalue weighted by molar-refractivity contribution is 6.30. The maximum Gasteiger partial charge on any atom is 0.277 e. The molecule has 2 rings (SSSR count). The Labute approximate surface area is 164 Å². The zero-order valence-corrected chi connectivity index (χ0v) is 16.5. The summed E-state index contributed by atoms with van der Waals surface area (Å²) in [7, 11) is 1.57. The molecule has 27 heavy (non-hydrogen) atoms. The first-order valence-electron chi connectivity index (χ1n) is 8.45. The molecule has 0 saturated carbocycles. The van der Waals surface area contributed by atoms with E-state index in [1.807, 2.05) is 32.9 Å². The van der Waals surface area contributed by atoms with Crippen molar-refractivity contribution in [3.63, 3.8) is 0 Å². The highest BCUT2D eigenvalue weighted by atomic mass is 35.5. The number of hydrogen-bond acceptors (Lipinski definition) is 5. The number of nitrogens with one attached hydrogen (secondary N) is 1. The van der Waals surface area contributed by atoms with Crippen LogP contribution in [0.1, 0.15) is 25.0 Å². The van der Waals surface area contributed by atoms with Crippen molar-refractivity contribution in [3.8, 4) is 17.2 Å². The molecule has 0 radical (unpaired) electrons. The molecule has 144 valence electrons. The van der Waals surface area contributed by atoms with Crippen molar-refractivity contribution in [1.82, 2.24) is 5.43 Å². The van der Waals surface area contributed by atoms with Gasteiger partial charge in [0.15, 0.2) is 18.1 Å². The van der Waals surface area contributed by atoms with Crippen molar-refractivity contribution >= 4 is 23.7 Å². The normalized spacial score (nSPS) is 10.9. The van der Waals surface area contributed by atoms with Crippen molar-refractivity contribution < 1.29 is 19.0 Å². The van der Waals surface area contributed by atoms with Crippen LogP contribution in [-0.2, 0) is 4.79 Å². The molecule has 0 fully saturated rings. The summed E-state index contributed by atoms with van der Waals surface area (Å²) in [5.74, 6) is 1.38. The molecule has 0 bridgehead atoms. The number of aryl methyl sites for hydroxylation is 1. The summed E-state index contributed by atoms with van der Waals surface area (Å²) >= 11 is 5.90. The van der Waals surface area contributed by atoms with Crippen LogP contribution >= 0.6 is 11.6 Å². The largest absolute Gasteiger partial charge is 0.493 e. The Morgan fingerprint density at radius 2 is 2.04 bits per heavy atom. The Morgan fingerprint density at radius 1 is 1.26 bits per heavy atom. The number of benzene rings is 2. The molecule has 1 N–H and O–H groups in total. The van der Waals surface area contributed by atoms with Gasteiger partial charge >= 0.3 is 0 Å². The van der Waals surface area contributed by atoms with E-state index in [0.717, 1.165) is 5.56 Å². The lowest BCUT2D eigenvalue weighted by Gasteiger charge is -2.15. The van der Waals surface area contributed by atoms with Crippen molar-refractivity contribution in [2.24, 2.45) is 5.10 Å². The SMILES string of the molecule is COc1cccc(/C=N\NC(=O)COc2ccc(Cl)cc2C)c1OC(C)C. The molecule has 0 unspecified atom stereocenters. The third kappa shape index (κ3) is 6.18. The van der Waals surface area contributed by atoms with Crippen molar-refractivity contribution in [1.29, 1.82) is 0 Å². The van der Waals surface area contributed by atoms with E-state index in [4.69, 9.17) is 25.8 Å². The number of para-hydroxylation sites is 1. The van der Waals surface area contributed by atoms with Crippen LogP contribution in [0.4, 0.5) is 0 Å². The number of nitrogens with zero attached hydrogens (tertiary/aromatic N) is 1. The molecule has 1 amide bonds. The van der Waals surface area contributed by atoms with Crippen LogP contribution in [0.2, 0.25) is 5.02 Å². The molecule has 7 heteroatoms. The topological polar surface area (TPSA) is 69.2 Å². The van der Waals surface area contributed by atoms with E-state index >= 15 is 0 Å². The number of hydrazone groups is 1. The minimum atomic E-state index is -0.380. The Bertz CT molecular complexity index is 822. The Morgan fingerprint density at radius 3 is 2.70 bits per heavy atom. The maximum absolute atomic E-state index is 11.9. The second kappa shape index (κ2) is 9.83. The van der Waals surface area contributed by atoms with Crippen LogP contribution < -0.4 is 19.6 Å². The fourth-order valence-electron chi connectivity index (χ4n) is 2.28. The summed E-state index contributed by atoms with van der Waals surface area (Å²) in [5, 5.41) is 4.59. The van der Waals surface area contributed by atoms with Gasteiger partial charge in [-0.15, -0.1) is 0 Å². The number of carbonyl (C=O) groups excluding carboxylic acids is 1. The van der Waals surface area contributed by atoms with Gasteiger partial charge in [0.25, 0.3) is 5.91 Å². The monoisotopic (exact) mass is 390 g/mol. The van der Waals surface area contributed by atoms with Crippen molar-refractivity contribution in [2.75, 3.05) is 13.7 Å². The number of carbonyl (C=O) groups is 1. The third-order valence-electron chi connectivity index (χ3n) is 3.47. The van der Waals surface area contributed by atoms with Crippen LogP contribution in [-0.4, -0.2) is 31.9 Å². The summed E-state index contributed by atoms with van der Waals surface area (Å²) in [6.45, 7) is 5.54. The van der Waals surface area contributed by atoms with Gasteiger partial charge in [-0.05, 0) is 56.7 Å². The molecule has 0 aliphatic carbocycles. The Balaban J connectivity index is 1.97. The standard InChI is InChI=1S/C20H23ClN2O4/c1-13(2)27-20-15(6-5-7-18(20)25-4)11-22-23-19(24)12-26-17-9-8-16(21)10-14(17)3/h5-11,13H,12H2,1-4H3,(H,23,24)/b22-11-. The van der Waals surface area contributed by atoms with Gasteiger partial charge in [0.1, 0.15) is 5.75 Å². The number of methoxy groups -OCH3 is 1. The molecular formula is C20H23ClN2O4. The molecular weight excluding hydrogens is 368 g/mol. The predicted octanol–water partition coefficient (Wildman–Crippen LogP) is 3.97. The van der Waals surface area contributed by atoms with E-state index in [1.165, 1.54) is 6.21 Å². The molecule has 0 aliphatic heterocycles. The van der Waals surface area contributed by atoms with Gasteiger partial charge in [0, 0.05) is 10.6 Å². The summed E-state index contributed by atoms with van der Waals surface area (Å²) in [6.07, 6.45) is 1.48. The van der Waals surface area contributed by atoms with Crippen LogP contribution in [0, 0.1) is 6.92 Å². The minimum Gasteiger partial charge on any atom is -0.493 e. The Kier molecular flexibility index (Phi) is 7.49. The van der Waals surface area contributed by atoms with Crippen molar-refractivity contribution in [3.05, 3.63) is 52.5 Å². The van der Waals surface area contributed by atoms with E-state index in [2.05, 4.69) is 10.5 Å². The van der Waals surface area contributed by atoms with Crippen LogP contribution in [0.3, 0.4) is 0 Å². The van der Waals surface area contributed by atoms with E-state index < -0.39 is 0 Å².